The van der Waals surface area contributed by atoms with Crippen molar-refractivity contribution >= 4 is 23.0 Å². The first-order valence-electron chi connectivity index (χ1n) is 6.29. The number of methoxy groups -OCH3 is 2. The van der Waals surface area contributed by atoms with E-state index in [0.29, 0.717) is 18.3 Å². The van der Waals surface area contributed by atoms with Crippen molar-refractivity contribution in [3.8, 4) is 0 Å². The molecule has 0 radical (unpaired) electrons. The summed E-state index contributed by atoms with van der Waals surface area (Å²) in [6.45, 7) is 4.07. The fourth-order valence-electron chi connectivity index (χ4n) is 1.76. The summed E-state index contributed by atoms with van der Waals surface area (Å²) >= 11 is 5.46. The minimum Gasteiger partial charge on any atom is -0.383 e. The third-order valence-electron chi connectivity index (χ3n) is 2.76. The number of nitrogens with one attached hydrogen (secondary N) is 1. The van der Waals surface area contributed by atoms with Gasteiger partial charge in [0.2, 0.25) is 0 Å². The number of nitrogens with zero attached hydrogens (tertiary/aromatic N) is 1. The van der Waals surface area contributed by atoms with Crippen LogP contribution in [-0.2, 0) is 9.47 Å². The molecule has 0 saturated heterocycles. The molecule has 1 rings (SSSR count). The van der Waals surface area contributed by atoms with E-state index < -0.39 is 0 Å². The summed E-state index contributed by atoms with van der Waals surface area (Å²) in [5.41, 5.74) is 0.986. The maximum absolute atomic E-state index is 5.46. The molecule has 0 bridgehead atoms. The molecule has 0 aliphatic heterocycles. The van der Waals surface area contributed by atoms with E-state index >= 15 is 0 Å². The van der Waals surface area contributed by atoms with Crippen molar-refractivity contribution in [1.82, 2.24) is 4.90 Å². The van der Waals surface area contributed by atoms with Gasteiger partial charge < -0.3 is 19.7 Å². The van der Waals surface area contributed by atoms with Gasteiger partial charge in [-0.15, -0.1) is 0 Å². The second kappa shape index (κ2) is 8.85. The zero-order valence-electron chi connectivity index (χ0n) is 11.8. The molecule has 1 aromatic rings. The van der Waals surface area contributed by atoms with Crippen LogP contribution in [0, 0.1) is 0 Å². The van der Waals surface area contributed by atoms with Crippen LogP contribution < -0.4 is 5.32 Å². The van der Waals surface area contributed by atoms with E-state index in [0.717, 1.165) is 12.2 Å². The normalized spacial score (nSPS) is 11.9. The summed E-state index contributed by atoms with van der Waals surface area (Å²) in [6, 6.07) is 10.1. The first-order chi connectivity index (χ1) is 9.19. The van der Waals surface area contributed by atoms with Crippen molar-refractivity contribution in [3.05, 3.63) is 30.3 Å². The lowest BCUT2D eigenvalue weighted by Gasteiger charge is -2.31. The van der Waals surface area contributed by atoms with E-state index in [2.05, 4.69) is 17.1 Å². The van der Waals surface area contributed by atoms with Crippen LogP contribution in [0.1, 0.15) is 6.92 Å². The minimum atomic E-state index is 0.198. The van der Waals surface area contributed by atoms with Gasteiger partial charge in [0.15, 0.2) is 5.11 Å². The first kappa shape index (κ1) is 15.9. The van der Waals surface area contributed by atoms with E-state index in [1.165, 1.54) is 0 Å². The van der Waals surface area contributed by atoms with Crippen molar-refractivity contribution in [3.63, 3.8) is 0 Å². The molecule has 1 atom stereocenters. The molecule has 1 N–H and O–H groups in total. The Labute approximate surface area is 120 Å². The summed E-state index contributed by atoms with van der Waals surface area (Å²) < 4.78 is 10.3. The van der Waals surface area contributed by atoms with Gasteiger partial charge in [0.05, 0.1) is 19.3 Å². The van der Waals surface area contributed by atoms with Gasteiger partial charge in [-0.1, -0.05) is 18.2 Å². The maximum Gasteiger partial charge on any atom is 0.173 e. The molecule has 4 nitrogen and oxygen atoms in total. The predicted octanol–water partition coefficient (Wildman–Crippen LogP) is 2.37. The summed E-state index contributed by atoms with van der Waals surface area (Å²) in [6.07, 6.45) is 0. The molecular formula is C14H22N2O2S. The Balaban J connectivity index is 2.65. The first-order valence-corrected chi connectivity index (χ1v) is 6.70. The average Bonchev–Trinajstić information content (AvgIpc) is 2.40. The molecule has 0 saturated carbocycles. The predicted molar refractivity (Wildman–Crippen MR) is 82.6 cm³/mol. The Morgan fingerprint density at radius 2 is 1.95 bits per heavy atom. The topological polar surface area (TPSA) is 33.7 Å². The van der Waals surface area contributed by atoms with Gasteiger partial charge in [0, 0.05) is 26.5 Å². The maximum atomic E-state index is 5.46. The molecule has 5 heteroatoms. The third kappa shape index (κ3) is 5.55. The summed E-state index contributed by atoms with van der Waals surface area (Å²) in [4.78, 5) is 2.08. The Morgan fingerprint density at radius 1 is 1.26 bits per heavy atom. The van der Waals surface area contributed by atoms with Crippen LogP contribution in [-0.4, -0.2) is 50.0 Å². The number of benzene rings is 1. The van der Waals surface area contributed by atoms with Gasteiger partial charge in [0.25, 0.3) is 0 Å². The smallest absolute Gasteiger partial charge is 0.173 e. The van der Waals surface area contributed by atoms with Gasteiger partial charge in [-0.05, 0) is 31.3 Å². The molecule has 0 fully saturated rings. The number of para-hydroxylation sites is 1. The molecule has 19 heavy (non-hydrogen) atoms. The highest BCUT2D eigenvalue weighted by Crippen LogP contribution is 2.09. The molecule has 1 unspecified atom stereocenters. The van der Waals surface area contributed by atoms with Gasteiger partial charge in [-0.25, -0.2) is 0 Å². The second-order valence-electron chi connectivity index (χ2n) is 4.29. The molecule has 0 aliphatic rings. The van der Waals surface area contributed by atoms with E-state index in [1.54, 1.807) is 14.2 Å². The molecule has 0 heterocycles. The third-order valence-corrected chi connectivity index (χ3v) is 3.10. The number of anilines is 1. The van der Waals surface area contributed by atoms with Crippen molar-refractivity contribution in [2.75, 3.05) is 39.3 Å². The van der Waals surface area contributed by atoms with E-state index in [-0.39, 0.29) is 6.04 Å². The Morgan fingerprint density at radius 3 is 2.53 bits per heavy atom. The number of hydrogen-bond donors (Lipinski definition) is 1. The number of ether oxygens (including phenoxy) is 2. The van der Waals surface area contributed by atoms with E-state index in [9.17, 15) is 0 Å². The van der Waals surface area contributed by atoms with Gasteiger partial charge in [-0.2, -0.15) is 0 Å². The fraction of sp³-hybridized carbons (Fsp3) is 0.500. The highest BCUT2D eigenvalue weighted by molar-refractivity contribution is 7.80. The lowest BCUT2D eigenvalue weighted by atomic mass is 10.3. The van der Waals surface area contributed by atoms with Gasteiger partial charge in [-0.3, -0.25) is 0 Å². The minimum absolute atomic E-state index is 0.198. The monoisotopic (exact) mass is 282 g/mol. The summed E-state index contributed by atoms with van der Waals surface area (Å²) in [5.74, 6) is 0. The van der Waals surface area contributed by atoms with Gasteiger partial charge >= 0.3 is 0 Å². The zero-order chi connectivity index (χ0) is 14.1. The fourth-order valence-corrected chi connectivity index (χ4v) is 2.15. The molecule has 0 amide bonds. The van der Waals surface area contributed by atoms with Crippen molar-refractivity contribution in [1.29, 1.82) is 0 Å². The molecule has 0 spiro atoms. The number of hydrogen-bond acceptors (Lipinski definition) is 3. The average molecular weight is 282 g/mol. The number of thiocarbonyl (C=S) groups is 1. The highest BCUT2D eigenvalue weighted by atomic mass is 32.1. The van der Waals surface area contributed by atoms with E-state index in [1.807, 2.05) is 30.3 Å². The summed E-state index contributed by atoms with van der Waals surface area (Å²) in [7, 11) is 3.38. The quantitative estimate of drug-likeness (QED) is 0.777. The van der Waals surface area contributed by atoms with Crippen LogP contribution in [0.2, 0.25) is 0 Å². The second-order valence-corrected chi connectivity index (χ2v) is 4.67. The number of rotatable bonds is 7. The van der Waals surface area contributed by atoms with Crippen LogP contribution in [0.5, 0.6) is 0 Å². The van der Waals surface area contributed by atoms with Crippen molar-refractivity contribution in [2.45, 2.75) is 13.0 Å². The van der Waals surface area contributed by atoms with Crippen LogP contribution in [0.3, 0.4) is 0 Å². The van der Waals surface area contributed by atoms with Crippen LogP contribution in [0.4, 0.5) is 5.69 Å². The lowest BCUT2D eigenvalue weighted by Crippen LogP contribution is -2.45. The molecule has 106 valence electrons. The zero-order valence-corrected chi connectivity index (χ0v) is 12.6. The standard InChI is InChI=1S/C14H22N2O2S/c1-12(11-18-3)16(9-10-17-2)14(19)15-13-7-5-4-6-8-13/h4-8,12H,9-11H2,1-3H3,(H,15,19). The lowest BCUT2D eigenvalue weighted by molar-refractivity contribution is 0.114. The highest BCUT2D eigenvalue weighted by Gasteiger charge is 2.16. The summed E-state index contributed by atoms with van der Waals surface area (Å²) in [5, 5.41) is 3.92. The largest absolute Gasteiger partial charge is 0.383 e. The molecule has 0 aromatic heterocycles. The molecule has 1 aromatic carbocycles. The van der Waals surface area contributed by atoms with Gasteiger partial charge in [0.1, 0.15) is 0 Å². The Kier molecular flexibility index (Phi) is 7.40. The SMILES string of the molecule is COCCN(C(=S)Nc1ccccc1)C(C)COC. The van der Waals surface area contributed by atoms with Crippen molar-refractivity contribution in [2.24, 2.45) is 0 Å². The Hall–Kier alpha value is -1.17. The van der Waals surface area contributed by atoms with Crippen LogP contribution in [0.25, 0.3) is 0 Å². The molecule has 0 aliphatic carbocycles. The van der Waals surface area contributed by atoms with E-state index in [4.69, 9.17) is 21.7 Å². The van der Waals surface area contributed by atoms with Crippen LogP contribution >= 0.6 is 12.2 Å². The molecular weight excluding hydrogens is 260 g/mol. The van der Waals surface area contributed by atoms with Crippen molar-refractivity contribution < 1.29 is 9.47 Å². The van der Waals surface area contributed by atoms with Crippen LogP contribution in [0.15, 0.2) is 30.3 Å². The Bertz CT molecular complexity index is 373.